The van der Waals surface area contributed by atoms with Crippen molar-refractivity contribution in [2.45, 2.75) is 18.7 Å². The summed E-state index contributed by atoms with van der Waals surface area (Å²) in [4.78, 5) is 21.7. The summed E-state index contributed by atoms with van der Waals surface area (Å²) in [6, 6.07) is 2.06. The molecule has 0 amide bonds. The summed E-state index contributed by atoms with van der Waals surface area (Å²) >= 11 is 3.05. The van der Waals surface area contributed by atoms with Gasteiger partial charge in [-0.15, -0.1) is 0 Å². The van der Waals surface area contributed by atoms with Crippen LogP contribution in [-0.4, -0.2) is 17.5 Å². The van der Waals surface area contributed by atoms with Gasteiger partial charge in [-0.1, -0.05) is 15.9 Å². The quantitative estimate of drug-likeness (QED) is 0.362. The fourth-order valence-electron chi connectivity index (χ4n) is 1.56. The maximum atomic E-state index is 13.3. The van der Waals surface area contributed by atoms with E-state index in [2.05, 4.69) is 15.9 Å². The van der Waals surface area contributed by atoms with Crippen molar-refractivity contribution in [3.8, 4) is 0 Å². The Hall–Kier alpha value is -1.50. The molecule has 0 heterocycles. The fraction of sp³-hybridized carbons (Fsp3) is 0.364. The minimum Gasteiger partial charge on any atom is -0.466 e. The minimum absolute atomic E-state index is 0.0212. The van der Waals surface area contributed by atoms with Gasteiger partial charge in [-0.25, -0.2) is 4.39 Å². The number of carbonyl (C=O) groups excluding carboxylic acids is 1. The Morgan fingerprint density at radius 3 is 2.61 bits per heavy atom. The maximum Gasteiger partial charge on any atom is 0.310 e. The molecule has 18 heavy (non-hydrogen) atoms. The third-order valence-corrected chi connectivity index (χ3v) is 2.80. The molecule has 1 rings (SSSR count). The summed E-state index contributed by atoms with van der Waals surface area (Å²) in [5, 5.41) is 11.1. The number of esters is 1. The van der Waals surface area contributed by atoms with E-state index in [1.54, 1.807) is 6.92 Å². The first-order chi connectivity index (χ1) is 8.49. The third-order valence-electron chi connectivity index (χ3n) is 2.20. The molecular formula is C11H11BrFNO4. The van der Waals surface area contributed by atoms with E-state index in [-0.39, 0.29) is 35.2 Å². The van der Waals surface area contributed by atoms with E-state index in [9.17, 15) is 19.3 Å². The molecule has 1 aromatic carbocycles. The SMILES string of the molecule is CCOC(=O)Cc1cc(F)cc(CBr)c1[N+](=O)[O-]. The smallest absolute Gasteiger partial charge is 0.310 e. The molecule has 0 fully saturated rings. The van der Waals surface area contributed by atoms with Crippen molar-refractivity contribution in [3.63, 3.8) is 0 Å². The molecule has 98 valence electrons. The lowest BCUT2D eigenvalue weighted by Gasteiger charge is -2.06. The lowest BCUT2D eigenvalue weighted by atomic mass is 10.1. The van der Waals surface area contributed by atoms with Gasteiger partial charge in [0.1, 0.15) is 5.82 Å². The number of hydrogen-bond acceptors (Lipinski definition) is 4. The van der Waals surface area contributed by atoms with E-state index in [0.29, 0.717) is 0 Å². The van der Waals surface area contributed by atoms with E-state index < -0.39 is 16.7 Å². The minimum atomic E-state index is -0.620. The third kappa shape index (κ3) is 3.49. The van der Waals surface area contributed by atoms with Crippen LogP contribution >= 0.6 is 15.9 Å². The van der Waals surface area contributed by atoms with Crippen LogP contribution < -0.4 is 0 Å². The average molecular weight is 320 g/mol. The van der Waals surface area contributed by atoms with Gasteiger partial charge in [-0.3, -0.25) is 14.9 Å². The molecule has 0 aliphatic heterocycles. The number of hydrogen-bond donors (Lipinski definition) is 0. The van der Waals surface area contributed by atoms with Gasteiger partial charge in [-0.2, -0.15) is 0 Å². The number of benzene rings is 1. The van der Waals surface area contributed by atoms with Crippen LogP contribution in [0.4, 0.5) is 10.1 Å². The van der Waals surface area contributed by atoms with Crippen LogP contribution in [0.5, 0.6) is 0 Å². The van der Waals surface area contributed by atoms with Crippen LogP contribution in [0.3, 0.4) is 0 Å². The predicted octanol–water partition coefficient (Wildman–Crippen LogP) is 2.73. The molecule has 1 aromatic rings. The van der Waals surface area contributed by atoms with Crippen molar-refractivity contribution in [3.05, 3.63) is 39.2 Å². The summed E-state index contributed by atoms with van der Waals surface area (Å²) in [5.41, 5.74) is -0.0338. The molecule has 0 radical (unpaired) electrons. The van der Waals surface area contributed by atoms with Crippen molar-refractivity contribution < 1.29 is 18.8 Å². The Morgan fingerprint density at radius 1 is 1.50 bits per heavy atom. The number of alkyl halides is 1. The molecule has 0 saturated heterocycles. The Kier molecular flexibility index (Phi) is 5.21. The van der Waals surface area contributed by atoms with Crippen LogP contribution in [-0.2, 0) is 21.3 Å². The van der Waals surface area contributed by atoms with Gasteiger partial charge < -0.3 is 4.74 Å². The number of nitro benzene ring substituents is 1. The van der Waals surface area contributed by atoms with Gasteiger partial charge in [0.15, 0.2) is 0 Å². The van der Waals surface area contributed by atoms with Crippen LogP contribution in [0.2, 0.25) is 0 Å². The largest absolute Gasteiger partial charge is 0.466 e. The zero-order valence-electron chi connectivity index (χ0n) is 9.61. The number of nitrogens with zero attached hydrogens (tertiary/aromatic N) is 1. The van der Waals surface area contributed by atoms with Crippen molar-refractivity contribution in [1.82, 2.24) is 0 Å². The molecule has 0 bridgehead atoms. The number of halogens is 2. The molecule has 0 spiro atoms. The van der Waals surface area contributed by atoms with E-state index in [1.807, 2.05) is 0 Å². The van der Waals surface area contributed by atoms with Crippen molar-refractivity contribution in [1.29, 1.82) is 0 Å². The van der Waals surface area contributed by atoms with Gasteiger partial charge in [0, 0.05) is 16.5 Å². The summed E-state index contributed by atoms with van der Waals surface area (Å²) < 4.78 is 18.0. The van der Waals surface area contributed by atoms with Gasteiger partial charge in [0.2, 0.25) is 0 Å². The van der Waals surface area contributed by atoms with Crippen molar-refractivity contribution >= 4 is 27.6 Å². The molecular weight excluding hydrogens is 309 g/mol. The van der Waals surface area contributed by atoms with Gasteiger partial charge in [-0.05, 0) is 19.1 Å². The number of rotatable bonds is 5. The van der Waals surface area contributed by atoms with Crippen LogP contribution in [0.25, 0.3) is 0 Å². The highest BCUT2D eigenvalue weighted by Gasteiger charge is 2.22. The molecule has 0 aliphatic carbocycles. The highest BCUT2D eigenvalue weighted by atomic mass is 79.9. The lowest BCUT2D eigenvalue weighted by Crippen LogP contribution is -2.10. The maximum absolute atomic E-state index is 13.3. The summed E-state index contributed by atoms with van der Waals surface area (Å²) in [7, 11) is 0. The molecule has 0 aromatic heterocycles. The molecule has 0 aliphatic rings. The van der Waals surface area contributed by atoms with Crippen LogP contribution in [0.15, 0.2) is 12.1 Å². The first-order valence-corrected chi connectivity index (χ1v) is 6.29. The monoisotopic (exact) mass is 319 g/mol. The van der Waals surface area contributed by atoms with E-state index in [4.69, 9.17) is 4.74 Å². The lowest BCUT2D eigenvalue weighted by molar-refractivity contribution is -0.386. The predicted molar refractivity (Wildman–Crippen MR) is 66.0 cm³/mol. The van der Waals surface area contributed by atoms with Gasteiger partial charge in [0.05, 0.1) is 18.0 Å². The Bertz CT molecular complexity index is 478. The zero-order chi connectivity index (χ0) is 13.7. The van der Waals surface area contributed by atoms with Crippen molar-refractivity contribution in [2.75, 3.05) is 6.61 Å². The van der Waals surface area contributed by atoms with E-state index in [0.717, 1.165) is 12.1 Å². The Morgan fingerprint density at radius 2 is 2.11 bits per heavy atom. The second-order valence-corrected chi connectivity index (χ2v) is 4.01. The fourth-order valence-corrected chi connectivity index (χ4v) is 1.98. The van der Waals surface area contributed by atoms with Crippen molar-refractivity contribution in [2.24, 2.45) is 0 Å². The summed E-state index contributed by atoms with van der Waals surface area (Å²) in [6.07, 6.45) is -0.318. The van der Waals surface area contributed by atoms with Gasteiger partial charge in [0.25, 0.3) is 5.69 Å². The van der Waals surface area contributed by atoms with Gasteiger partial charge >= 0.3 is 5.97 Å². The summed E-state index contributed by atoms with van der Waals surface area (Å²) in [5.74, 6) is -1.24. The number of ether oxygens (including phenoxy) is 1. The molecule has 7 heteroatoms. The first kappa shape index (κ1) is 14.6. The topological polar surface area (TPSA) is 69.4 Å². The molecule has 0 saturated carbocycles. The molecule has 0 unspecified atom stereocenters. The Labute approximate surface area is 111 Å². The molecule has 5 nitrogen and oxygen atoms in total. The average Bonchev–Trinajstić information content (AvgIpc) is 2.27. The zero-order valence-corrected chi connectivity index (χ0v) is 11.2. The molecule has 0 atom stereocenters. The standard InChI is InChI=1S/C11H11BrFNO4/c1-2-18-10(15)5-7-3-9(13)4-8(6-12)11(7)14(16)17/h3-4H,2,5-6H2,1H3. The molecule has 0 N–H and O–H groups in total. The number of carbonyl (C=O) groups is 1. The highest BCUT2D eigenvalue weighted by molar-refractivity contribution is 9.08. The van der Waals surface area contributed by atoms with E-state index in [1.165, 1.54) is 0 Å². The highest BCUT2D eigenvalue weighted by Crippen LogP contribution is 2.28. The second kappa shape index (κ2) is 6.44. The second-order valence-electron chi connectivity index (χ2n) is 3.45. The van der Waals surface area contributed by atoms with Crippen LogP contribution in [0, 0.1) is 15.9 Å². The van der Waals surface area contributed by atoms with E-state index >= 15 is 0 Å². The normalized spacial score (nSPS) is 10.2. The van der Waals surface area contributed by atoms with Crippen LogP contribution in [0.1, 0.15) is 18.1 Å². The number of nitro groups is 1. The first-order valence-electron chi connectivity index (χ1n) is 5.16. The Balaban J connectivity index is 3.19. The summed E-state index contributed by atoms with van der Waals surface area (Å²) in [6.45, 7) is 1.80.